The lowest BCUT2D eigenvalue weighted by Gasteiger charge is -2.20. The van der Waals surface area contributed by atoms with Crippen molar-refractivity contribution < 1.29 is 31.1 Å². The molecule has 72 valence electrons. The molecule has 0 aromatic rings. The molecule has 1 amide bonds. The summed E-state index contributed by atoms with van der Waals surface area (Å²) in [6.07, 6.45) is -10.8. The van der Waals surface area contributed by atoms with Crippen molar-refractivity contribution in [1.82, 2.24) is 4.90 Å². The highest BCUT2D eigenvalue weighted by Crippen LogP contribution is 2.25. The van der Waals surface area contributed by atoms with Gasteiger partial charge < -0.3 is 0 Å². The van der Waals surface area contributed by atoms with Crippen LogP contribution in [0.25, 0.3) is 0 Å². The second-order valence-corrected chi connectivity index (χ2v) is 1.83. The highest BCUT2D eigenvalue weighted by atomic mass is 19.4. The van der Waals surface area contributed by atoms with Gasteiger partial charge in [0.25, 0.3) is 0 Å². The van der Waals surface area contributed by atoms with Gasteiger partial charge in [-0.05, 0) is 0 Å². The van der Waals surface area contributed by atoms with E-state index in [1.807, 2.05) is 0 Å². The van der Waals surface area contributed by atoms with Crippen molar-refractivity contribution in [3.05, 3.63) is 0 Å². The Labute approximate surface area is 62.7 Å². The molecule has 0 aliphatic carbocycles. The first-order valence-corrected chi connectivity index (χ1v) is 2.48. The summed E-state index contributed by atoms with van der Waals surface area (Å²) in [4.78, 5) is 8.57. The van der Waals surface area contributed by atoms with E-state index in [0.717, 1.165) is 0 Å². The SMILES string of the molecule is CN(C(=O)C(F)(F)F)C(F)(F)F. The smallest absolute Gasteiger partial charge is 0.264 e. The minimum atomic E-state index is -5.50. The van der Waals surface area contributed by atoms with Crippen LogP contribution in [0.5, 0.6) is 0 Å². The minimum Gasteiger partial charge on any atom is -0.264 e. The van der Waals surface area contributed by atoms with E-state index in [1.165, 1.54) is 0 Å². The van der Waals surface area contributed by atoms with Crippen molar-refractivity contribution in [2.24, 2.45) is 0 Å². The maximum Gasteiger partial charge on any atom is 0.487 e. The number of halogens is 6. The summed E-state index contributed by atoms with van der Waals surface area (Å²) in [6, 6.07) is 0. The average molecular weight is 195 g/mol. The van der Waals surface area contributed by atoms with Crippen LogP contribution in [0.1, 0.15) is 0 Å². The lowest BCUT2D eigenvalue weighted by molar-refractivity contribution is -0.254. The van der Waals surface area contributed by atoms with E-state index >= 15 is 0 Å². The van der Waals surface area contributed by atoms with Crippen LogP contribution < -0.4 is 0 Å². The van der Waals surface area contributed by atoms with Gasteiger partial charge in [0.15, 0.2) is 0 Å². The number of rotatable bonds is 0. The third-order valence-electron chi connectivity index (χ3n) is 0.927. The number of hydrogen-bond acceptors (Lipinski definition) is 1. The Morgan fingerprint density at radius 3 is 1.50 bits per heavy atom. The van der Waals surface area contributed by atoms with Gasteiger partial charge in [-0.15, -0.1) is 13.2 Å². The first kappa shape index (κ1) is 11.0. The number of nitrogens with zero attached hydrogens (tertiary/aromatic N) is 1. The summed E-state index contributed by atoms with van der Waals surface area (Å²) >= 11 is 0. The molecule has 0 aliphatic rings. The van der Waals surface area contributed by atoms with E-state index < -0.39 is 23.3 Å². The summed E-state index contributed by atoms with van der Waals surface area (Å²) in [7, 11) is 0.00975. The van der Waals surface area contributed by atoms with E-state index in [1.54, 1.807) is 0 Å². The summed E-state index contributed by atoms with van der Waals surface area (Å²) in [6.45, 7) is 0. The molecule has 0 aromatic carbocycles. The predicted molar refractivity (Wildman–Crippen MR) is 24.9 cm³/mol. The van der Waals surface area contributed by atoms with Gasteiger partial charge in [-0.1, -0.05) is 0 Å². The topological polar surface area (TPSA) is 20.3 Å². The van der Waals surface area contributed by atoms with E-state index in [-0.39, 0.29) is 7.05 Å². The number of carbonyl (C=O) groups is 1. The Morgan fingerprint density at radius 1 is 1.08 bits per heavy atom. The molecule has 12 heavy (non-hydrogen) atoms. The van der Waals surface area contributed by atoms with Gasteiger partial charge in [-0.2, -0.15) is 13.2 Å². The van der Waals surface area contributed by atoms with E-state index in [4.69, 9.17) is 0 Å². The third-order valence-corrected chi connectivity index (χ3v) is 0.927. The normalized spacial score (nSPS) is 12.9. The molecule has 8 heteroatoms. The van der Waals surface area contributed by atoms with Gasteiger partial charge in [-0.25, -0.2) is 4.90 Å². The number of carbonyl (C=O) groups excluding carboxylic acids is 1. The molecule has 2 nitrogen and oxygen atoms in total. The van der Waals surface area contributed by atoms with Crippen molar-refractivity contribution >= 4 is 5.91 Å². The molecule has 0 aromatic heterocycles. The minimum absolute atomic E-state index is 0.00975. The summed E-state index contributed by atoms with van der Waals surface area (Å²) in [5.74, 6) is -2.94. The van der Waals surface area contributed by atoms with Gasteiger partial charge in [0, 0.05) is 7.05 Å². The molecule has 0 bridgehead atoms. The Morgan fingerprint density at radius 2 is 1.42 bits per heavy atom. The molecule has 0 radical (unpaired) electrons. The standard InChI is InChI=1S/C4H3F6NO/c1-11(4(8,9)10)2(12)3(5,6)7/h1H3. The van der Waals surface area contributed by atoms with Crippen LogP contribution in [0, 0.1) is 0 Å². The second kappa shape index (κ2) is 2.83. The molecule has 0 aliphatic heterocycles. The molecule has 0 fully saturated rings. The van der Waals surface area contributed by atoms with Gasteiger partial charge in [0.1, 0.15) is 0 Å². The molecular weight excluding hydrogens is 192 g/mol. The van der Waals surface area contributed by atoms with E-state index in [0.29, 0.717) is 0 Å². The number of alkyl halides is 6. The Hall–Kier alpha value is -0.950. The highest BCUT2D eigenvalue weighted by Gasteiger charge is 2.50. The van der Waals surface area contributed by atoms with Crippen LogP contribution in [0.15, 0.2) is 0 Å². The van der Waals surface area contributed by atoms with Crippen molar-refractivity contribution in [2.75, 3.05) is 7.05 Å². The first-order valence-electron chi connectivity index (χ1n) is 2.48. The second-order valence-electron chi connectivity index (χ2n) is 1.83. The van der Waals surface area contributed by atoms with E-state index in [2.05, 4.69) is 0 Å². The summed E-state index contributed by atoms with van der Waals surface area (Å²) in [5, 5.41) is 0. The fraction of sp³-hybridized carbons (Fsp3) is 0.750. The largest absolute Gasteiger partial charge is 0.487 e. The molecule has 0 rings (SSSR count). The van der Waals surface area contributed by atoms with Gasteiger partial charge in [-0.3, -0.25) is 4.79 Å². The molecule has 0 atom stereocenters. The lowest BCUT2D eigenvalue weighted by Crippen LogP contribution is -2.46. The Balaban J connectivity index is 4.53. The van der Waals surface area contributed by atoms with Crippen molar-refractivity contribution in [3.8, 4) is 0 Å². The van der Waals surface area contributed by atoms with Gasteiger partial charge >= 0.3 is 18.4 Å². The van der Waals surface area contributed by atoms with Gasteiger partial charge in [0.05, 0.1) is 0 Å². The molecule has 0 N–H and O–H groups in total. The molecule has 0 saturated carbocycles. The van der Waals surface area contributed by atoms with Crippen LogP contribution in [-0.2, 0) is 4.79 Å². The third kappa shape index (κ3) is 2.59. The Bertz CT molecular complexity index is 181. The van der Waals surface area contributed by atoms with Crippen molar-refractivity contribution in [2.45, 2.75) is 12.5 Å². The predicted octanol–water partition coefficient (Wildman–Crippen LogP) is 1.53. The van der Waals surface area contributed by atoms with E-state index in [9.17, 15) is 31.1 Å². The fourth-order valence-corrected chi connectivity index (χ4v) is 0.305. The zero-order valence-electron chi connectivity index (χ0n) is 5.62. The first-order chi connectivity index (χ1) is 5.07. The number of amides is 1. The quantitative estimate of drug-likeness (QED) is 0.424. The van der Waals surface area contributed by atoms with Gasteiger partial charge in [0.2, 0.25) is 0 Å². The molecule has 0 unspecified atom stereocenters. The zero-order chi connectivity index (χ0) is 10.2. The lowest BCUT2D eigenvalue weighted by atomic mass is 10.5. The summed E-state index contributed by atoms with van der Waals surface area (Å²) in [5.41, 5.74) is 0. The zero-order valence-corrected chi connectivity index (χ0v) is 5.62. The Kier molecular flexibility index (Phi) is 2.61. The van der Waals surface area contributed by atoms with Crippen molar-refractivity contribution in [3.63, 3.8) is 0 Å². The number of hydrogen-bond donors (Lipinski definition) is 0. The van der Waals surface area contributed by atoms with Crippen LogP contribution in [-0.4, -0.2) is 30.3 Å². The van der Waals surface area contributed by atoms with Crippen LogP contribution >= 0.6 is 0 Å². The fourth-order valence-electron chi connectivity index (χ4n) is 0.305. The van der Waals surface area contributed by atoms with Crippen LogP contribution in [0.4, 0.5) is 26.3 Å². The van der Waals surface area contributed by atoms with Crippen LogP contribution in [0.3, 0.4) is 0 Å². The average Bonchev–Trinajstić information content (AvgIpc) is 1.80. The molecule has 0 spiro atoms. The molecular formula is C4H3F6NO. The van der Waals surface area contributed by atoms with Crippen LogP contribution in [0.2, 0.25) is 0 Å². The maximum absolute atomic E-state index is 11.4. The molecule has 0 heterocycles. The summed E-state index contributed by atoms with van der Waals surface area (Å²) < 4.78 is 68.3. The molecule has 0 saturated heterocycles. The van der Waals surface area contributed by atoms with Crippen molar-refractivity contribution in [1.29, 1.82) is 0 Å². The maximum atomic E-state index is 11.4. The highest BCUT2D eigenvalue weighted by molar-refractivity contribution is 5.81. The monoisotopic (exact) mass is 195 g/mol.